The lowest BCUT2D eigenvalue weighted by molar-refractivity contribution is 0.152. The number of nitriles is 1. The molecule has 0 heterocycles. The van der Waals surface area contributed by atoms with Gasteiger partial charge in [-0.25, -0.2) is 0 Å². The van der Waals surface area contributed by atoms with Gasteiger partial charge in [0.05, 0.1) is 6.07 Å². The highest BCUT2D eigenvalue weighted by molar-refractivity contribution is 5.02. The molecule has 2 aliphatic carbocycles. The molecule has 2 heteroatoms. The minimum Gasteiger partial charge on any atom is -0.300 e. The second-order valence-corrected chi connectivity index (χ2v) is 6.93. The molecule has 0 N–H and O–H groups in total. The molecule has 2 fully saturated rings. The second-order valence-electron chi connectivity index (χ2n) is 6.93. The first kappa shape index (κ1) is 13.9. The summed E-state index contributed by atoms with van der Waals surface area (Å²) in [6, 6.07) is 3.22. The monoisotopic (exact) mass is 248 g/mol. The summed E-state index contributed by atoms with van der Waals surface area (Å²) in [6.07, 6.45) is 10.2. The average Bonchev–Trinajstić information content (AvgIpc) is 2.89. The first-order chi connectivity index (χ1) is 8.65. The zero-order valence-corrected chi connectivity index (χ0v) is 12.1. The van der Waals surface area contributed by atoms with Crippen molar-refractivity contribution in [1.29, 1.82) is 5.26 Å². The number of nitrogens with zero attached hydrogens (tertiary/aromatic N) is 2. The Morgan fingerprint density at radius 1 is 1.28 bits per heavy atom. The van der Waals surface area contributed by atoms with Gasteiger partial charge in [0.2, 0.25) is 0 Å². The van der Waals surface area contributed by atoms with Crippen molar-refractivity contribution in [1.82, 2.24) is 4.90 Å². The molecule has 0 unspecified atom stereocenters. The molecule has 18 heavy (non-hydrogen) atoms. The largest absolute Gasteiger partial charge is 0.300 e. The number of hydrogen-bond acceptors (Lipinski definition) is 2. The lowest BCUT2D eigenvalue weighted by Crippen LogP contribution is -2.39. The van der Waals surface area contributed by atoms with Crippen LogP contribution in [0.4, 0.5) is 0 Å². The van der Waals surface area contributed by atoms with Gasteiger partial charge in [0.1, 0.15) is 0 Å². The molecule has 0 aromatic rings. The molecule has 0 bridgehead atoms. The summed E-state index contributed by atoms with van der Waals surface area (Å²) < 4.78 is 0. The molecule has 0 radical (unpaired) electrons. The smallest absolute Gasteiger partial charge is 0.0628 e. The van der Waals surface area contributed by atoms with Crippen LogP contribution >= 0.6 is 0 Å². The molecular formula is C16H28N2. The van der Waals surface area contributed by atoms with Crippen LogP contribution < -0.4 is 0 Å². The van der Waals surface area contributed by atoms with Crippen LogP contribution in [0.5, 0.6) is 0 Å². The molecule has 0 spiro atoms. The van der Waals surface area contributed by atoms with Gasteiger partial charge in [-0.15, -0.1) is 0 Å². The summed E-state index contributed by atoms with van der Waals surface area (Å²) >= 11 is 0. The average molecular weight is 248 g/mol. The van der Waals surface area contributed by atoms with Gasteiger partial charge in [0.25, 0.3) is 0 Å². The van der Waals surface area contributed by atoms with Crippen molar-refractivity contribution < 1.29 is 0 Å². The quantitative estimate of drug-likeness (QED) is 0.681. The highest BCUT2D eigenvalue weighted by atomic mass is 15.2. The van der Waals surface area contributed by atoms with E-state index in [1.54, 1.807) is 0 Å². The van der Waals surface area contributed by atoms with E-state index in [0.717, 1.165) is 18.4 Å². The third kappa shape index (κ3) is 3.72. The standard InChI is InChI=1S/C16H28N2/c1-14(2)7-12-18(15-5-3-4-6-15)13-16(8-9-16)10-11-17/h14-15H,3-10,12-13H2,1-2H3. The Kier molecular flexibility index (Phi) is 4.67. The van der Waals surface area contributed by atoms with E-state index in [1.807, 2.05) is 0 Å². The van der Waals surface area contributed by atoms with E-state index < -0.39 is 0 Å². The predicted molar refractivity (Wildman–Crippen MR) is 75.2 cm³/mol. The molecular weight excluding hydrogens is 220 g/mol. The summed E-state index contributed by atoms with van der Waals surface area (Å²) in [5, 5.41) is 8.97. The van der Waals surface area contributed by atoms with Gasteiger partial charge in [-0.05, 0) is 50.0 Å². The minimum absolute atomic E-state index is 0.383. The van der Waals surface area contributed by atoms with Gasteiger partial charge in [-0.2, -0.15) is 5.26 Å². The van der Waals surface area contributed by atoms with Crippen LogP contribution in [0.2, 0.25) is 0 Å². The Labute approximate surface area is 112 Å². The molecule has 2 aliphatic rings. The van der Waals surface area contributed by atoms with E-state index in [4.69, 9.17) is 5.26 Å². The summed E-state index contributed by atoms with van der Waals surface area (Å²) in [5.74, 6) is 0.792. The van der Waals surface area contributed by atoms with Gasteiger partial charge in [-0.3, -0.25) is 4.90 Å². The van der Waals surface area contributed by atoms with Crippen molar-refractivity contribution in [3.8, 4) is 6.07 Å². The molecule has 2 rings (SSSR count). The highest BCUT2D eigenvalue weighted by Crippen LogP contribution is 2.49. The van der Waals surface area contributed by atoms with Crippen LogP contribution in [-0.2, 0) is 0 Å². The first-order valence-electron chi connectivity index (χ1n) is 7.76. The minimum atomic E-state index is 0.383. The zero-order chi connectivity index (χ0) is 13.0. The van der Waals surface area contributed by atoms with Crippen molar-refractivity contribution in [3.05, 3.63) is 0 Å². The molecule has 2 saturated carbocycles. The zero-order valence-electron chi connectivity index (χ0n) is 12.1. The maximum Gasteiger partial charge on any atom is 0.0628 e. The lowest BCUT2D eigenvalue weighted by Gasteiger charge is -2.32. The first-order valence-corrected chi connectivity index (χ1v) is 7.76. The lowest BCUT2D eigenvalue weighted by atomic mass is 10.00. The molecule has 0 saturated heterocycles. The third-order valence-corrected chi connectivity index (χ3v) is 4.78. The highest BCUT2D eigenvalue weighted by Gasteiger charge is 2.44. The SMILES string of the molecule is CC(C)CCN(CC1(CC#N)CC1)C1CCCC1. The number of rotatable bonds is 7. The number of hydrogen-bond donors (Lipinski definition) is 0. The molecule has 0 aliphatic heterocycles. The maximum absolute atomic E-state index is 8.97. The van der Waals surface area contributed by atoms with E-state index >= 15 is 0 Å². The summed E-state index contributed by atoms with van der Waals surface area (Å²) in [7, 11) is 0. The van der Waals surface area contributed by atoms with Gasteiger partial charge in [0, 0.05) is 19.0 Å². The summed E-state index contributed by atoms with van der Waals surface area (Å²) in [5.41, 5.74) is 0.383. The van der Waals surface area contributed by atoms with E-state index in [0.29, 0.717) is 5.41 Å². The van der Waals surface area contributed by atoms with Gasteiger partial charge >= 0.3 is 0 Å². The summed E-state index contributed by atoms with van der Waals surface area (Å²) in [4.78, 5) is 2.73. The maximum atomic E-state index is 8.97. The van der Waals surface area contributed by atoms with Crippen LogP contribution in [-0.4, -0.2) is 24.0 Å². The van der Waals surface area contributed by atoms with Crippen molar-refractivity contribution in [2.75, 3.05) is 13.1 Å². The van der Waals surface area contributed by atoms with Crippen LogP contribution in [0.3, 0.4) is 0 Å². The predicted octanol–water partition coefficient (Wildman–Crippen LogP) is 3.97. The topological polar surface area (TPSA) is 27.0 Å². The molecule has 102 valence electrons. The van der Waals surface area contributed by atoms with Crippen molar-refractivity contribution in [2.24, 2.45) is 11.3 Å². The van der Waals surface area contributed by atoms with Gasteiger partial charge in [0.15, 0.2) is 0 Å². The fourth-order valence-corrected chi connectivity index (χ4v) is 3.25. The van der Waals surface area contributed by atoms with Crippen molar-refractivity contribution in [2.45, 2.75) is 71.3 Å². The Balaban J connectivity index is 1.89. The van der Waals surface area contributed by atoms with Gasteiger partial charge < -0.3 is 0 Å². The Bertz CT molecular complexity index is 293. The second kappa shape index (κ2) is 6.06. The molecule has 0 atom stereocenters. The normalized spacial score (nSPS) is 22.6. The van der Waals surface area contributed by atoms with Gasteiger partial charge in [-0.1, -0.05) is 26.7 Å². The molecule has 2 nitrogen and oxygen atoms in total. The van der Waals surface area contributed by atoms with E-state index in [2.05, 4.69) is 24.8 Å². The Hall–Kier alpha value is -0.550. The fourth-order valence-electron chi connectivity index (χ4n) is 3.25. The van der Waals surface area contributed by atoms with Crippen LogP contribution in [0.15, 0.2) is 0 Å². The molecule has 0 aromatic carbocycles. The Morgan fingerprint density at radius 2 is 1.94 bits per heavy atom. The molecule has 0 aromatic heterocycles. The third-order valence-electron chi connectivity index (χ3n) is 4.78. The van der Waals surface area contributed by atoms with Crippen LogP contribution in [0, 0.1) is 22.7 Å². The van der Waals surface area contributed by atoms with E-state index in [1.165, 1.54) is 58.0 Å². The van der Waals surface area contributed by atoms with Crippen LogP contribution in [0.25, 0.3) is 0 Å². The summed E-state index contributed by atoms with van der Waals surface area (Å²) in [6.45, 7) is 7.07. The van der Waals surface area contributed by atoms with Crippen molar-refractivity contribution >= 4 is 0 Å². The van der Waals surface area contributed by atoms with E-state index in [9.17, 15) is 0 Å². The van der Waals surface area contributed by atoms with E-state index in [-0.39, 0.29) is 0 Å². The Morgan fingerprint density at radius 3 is 2.44 bits per heavy atom. The molecule has 0 amide bonds. The van der Waals surface area contributed by atoms with Crippen molar-refractivity contribution in [3.63, 3.8) is 0 Å². The fraction of sp³-hybridized carbons (Fsp3) is 0.938. The van der Waals surface area contributed by atoms with Crippen LogP contribution in [0.1, 0.15) is 65.2 Å².